The van der Waals surface area contributed by atoms with E-state index in [9.17, 15) is 23.1 Å². The predicted molar refractivity (Wildman–Crippen MR) is 119 cm³/mol. The first-order valence-corrected chi connectivity index (χ1v) is 10.1. The van der Waals surface area contributed by atoms with Crippen LogP contribution in [0.25, 0.3) is 10.9 Å². The topological polar surface area (TPSA) is 115 Å². The number of benzene rings is 2. The van der Waals surface area contributed by atoms with Crippen molar-refractivity contribution in [1.82, 2.24) is 14.5 Å². The Morgan fingerprint density at radius 3 is 2.71 bits per heavy atom. The fraction of sp³-hybridized carbons (Fsp3) is 0.174. The van der Waals surface area contributed by atoms with Gasteiger partial charge in [-0.1, -0.05) is 6.07 Å². The highest BCUT2D eigenvalue weighted by atomic mass is 19.4. The molecule has 0 aliphatic carbocycles. The molecule has 1 amide bonds. The number of aliphatic hydroxyl groups excluding tert-OH is 1. The van der Waals surface area contributed by atoms with Crippen molar-refractivity contribution in [3.8, 4) is 11.6 Å². The van der Waals surface area contributed by atoms with Gasteiger partial charge >= 0.3 is 12.2 Å². The van der Waals surface area contributed by atoms with E-state index in [2.05, 4.69) is 15.3 Å². The first-order valence-electron chi connectivity index (χ1n) is 10.1. The number of carbonyl (C=O) groups excluding carboxylic acids is 1. The lowest BCUT2D eigenvalue weighted by atomic mass is 10.1. The molecule has 0 aliphatic rings. The first kappa shape index (κ1) is 23.2. The van der Waals surface area contributed by atoms with Gasteiger partial charge in [0, 0.05) is 29.9 Å². The smallest absolute Gasteiger partial charge is 0.416 e. The standard InChI is InChI=1S/C23H20F3N5O3/c1-13-2-3-15(23(24,25)26)9-17(13)30-22(33)31-7-6-14-8-16(4-5-19(14)31)34-21-10-18(20(32)11-27)28-12-29-21/h2-10,12,20,32H,11,27H2,1H3,(H,30,33). The number of anilines is 1. The molecule has 4 rings (SSSR count). The largest absolute Gasteiger partial charge is 0.439 e. The summed E-state index contributed by atoms with van der Waals surface area (Å²) >= 11 is 0. The Morgan fingerprint density at radius 1 is 1.18 bits per heavy atom. The quantitative estimate of drug-likeness (QED) is 0.391. The van der Waals surface area contributed by atoms with Gasteiger partial charge < -0.3 is 20.9 Å². The molecule has 0 spiro atoms. The molecule has 0 bridgehead atoms. The van der Waals surface area contributed by atoms with Crippen molar-refractivity contribution in [2.24, 2.45) is 5.73 Å². The number of halogens is 3. The molecule has 8 nitrogen and oxygen atoms in total. The fourth-order valence-electron chi connectivity index (χ4n) is 3.30. The Hall–Kier alpha value is -3.96. The van der Waals surface area contributed by atoms with Crippen LogP contribution in [0.4, 0.5) is 23.7 Å². The third-order valence-electron chi connectivity index (χ3n) is 5.14. The molecule has 1 unspecified atom stereocenters. The maximum Gasteiger partial charge on any atom is 0.416 e. The summed E-state index contributed by atoms with van der Waals surface area (Å²) in [6, 6.07) is 10.6. The van der Waals surface area contributed by atoms with Crippen LogP contribution in [-0.2, 0) is 6.18 Å². The van der Waals surface area contributed by atoms with Crippen LogP contribution in [0.15, 0.2) is 61.1 Å². The number of aliphatic hydroxyl groups is 1. The molecule has 2 heterocycles. The molecule has 0 radical (unpaired) electrons. The average Bonchev–Trinajstić information content (AvgIpc) is 3.23. The van der Waals surface area contributed by atoms with E-state index in [0.29, 0.717) is 27.9 Å². The van der Waals surface area contributed by atoms with Crippen LogP contribution in [0.5, 0.6) is 11.6 Å². The number of amides is 1. The van der Waals surface area contributed by atoms with Crippen molar-refractivity contribution in [2.75, 3.05) is 11.9 Å². The fourth-order valence-corrected chi connectivity index (χ4v) is 3.30. The summed E-state index contributed by atoms with van der Waals surface area (Å²) in [6.45, 7) is 1.61. The molecule has 2 aromatic carbocycles. The number of nitrogens with one attached hydrogen (secondary N) is 1. The lowest BCUT2D eigenvalue weighted by Gasteiger charge is -2.13. The number of aryl methyl sites for hydroxylation is 1. The minimum absolute atomic E-state index is 0.00197. The molecule has 0 aliphatic heterocycles. The summed E-state index contributed by atoms with van der Waals surface area (Å²) in [7, 11) is 0. The molecule has 0 saturated heterocycles. The molecule has 4 aromatic rings. The molecule has 0 saturated carbocycles. The van der Waals surface area contributed by atoms with E-state index in [1.165, 1.54) is 29.2 Å². The summed E-state index contributed by atoms with van der Waals surface area (Å²) in [5.74, 6) is 0.625. The Bertz CT molecular complexity index is 1350. The van der Waals surface area contributed by atoms with Gasteiger partial charge in [0.25, 0.3) is 0 Å². The van der Waals surface area contributed by atoms with Crippen LogP contribution in [0.2, 0.25) is 0 Å². The zero-order valence-corrected chi connectivity index (χ0v) is 17.9. The van der Waals surface area contributed by atoms with Gasteiger partial charge in [0.15, 0.2) is 0 Å². The molecule has 34 heavy (non-hydrogen) atoms. The molecule has 1 atom stereocenters. The molecule has 11 heteroatoms. The molecule has 176 valence electrons. The van der Waals surface area contributed by atoms with Crippen molar-refractivity contribution >= 4 is 22.6 Å². The monoisotopic (exact) mass is 471 g/mol. The maximum absolute atomic E-state index is 13.0. The average molecular weight is 471 g/mol. The van der Waals surface area contributed by atoms with Crippen LogP contribution in [0.3, 0.4) is 0 Å². The zero-order valence-electron chi connectivity index (χ0n) is 17.9. The van der Waals surface area contributed by atoms with Crippen molar-refractivity contribution in [3.63, 3.8) is 0 Å². The molecule has 0 fully saturated rings. The van der Waals surface area contributed by atoms with Gasteiger partial charge in [-0.2, -0.15) is 13.2 Å². The normalized spacial score (nSPS) is 12.5. The van der Waals surface area contributed by atoms with Crippen LogP contribution in [-0.4, -0.2) is 32.2 Å². The number of rotatable bonds is 5. The molecular weight excluding hydrogens is 451 g/mol. The second kappa shape index (κ2) is 9.12. The summed E-state index contributed by atoms with van der Waals surface area (Å²) in [5.41, 5.74) is 6.01. The van der Waals surface area contributed by atoms with E-state index in [1.807, 2.05) is 0 Å². The van der Waals surface area contributed by atoms with Crippen molar-refractivity contribution in [3.05, 3.63) is 77.9 Å². The Morgan fingerprint density at radius 2 is 1.97 bits per heavy atom. The summed E-state index contributed by atoms with van der Waals surface area (Å²) < 4.78 is 46.1. The number of hydrogen-bond donors (Lipinski definition) is 3. The third kappa shape index (κ3) is 4.85. The number of fused-ring (bicyclic) bond motifs is 1. The summed E-state index contributed by atoms with van der Waals surface area (Å²) in [6.07, 6.45) is -2.71. The minimum Gasteiger partial charge on any atom is -0.439 e. The van der Waals surface area contributed by atoms with Gasteiger partial charge in [-0.05, 0) is 48.9 Å². The second-order valence-corrected chi connectivity index (χ2v) is 7.50. The van der Waals surface area contributed by atoms with E-state index >= 15 is 0 Å². The summed E-state index contributed by atoms with van der Waals surface area (Å²) in [5, 5.41) is 13.0. The SMILES string of the molecule is Cc1ccc(C(F)(F)F)cc1NC(=O)n1ccc2cc(Oc3cc(C(O)CN)ncn3)ccc21. The Labute approximate surface area is 191 Å². The predicted octanol–water partition coefficient (Wildman–Crippen LogP) is 4.62. The number of hydrogen-bond acceptors (Lipinski definition) is 6. The van der Waals surface area contributed by atoms with E-state index in [0.717, 1.165) is 12.1 Å². The van der Waals surface area contributed by atoms with Crippen molar-refractivity contribution < 1.29 is 27.8 Å². The first-order chi connectivity index (χ1) is 16.2. The van der Waals surface area contributed by atoms with Gasteiger partial charge in [-0.25, -0.2) is 14.8 Å². The highest BCUT2D eigenvalue weighted by molar-refractivity contribution is 5.99. The summed E-state index contributed by atoms with van der Waals surface area (Å²) in [4.78, 5) is 20.8. The number of ether oxygens (including phenoxy) is 1. The Kier molecular flexibility index (Phi) is 6.22. The van der Waals surface area contributed by atoms with Crippen LogP contribution in [0, 0.1) is 6.92 Å². The number of alkyl halides is 3. The van der Waals surface area contributed by atoms with Crippen LogP contribution < -0.4 is 15.8 Å². The van der Waals surface area contributed by atoms with Crippen LogP contribution >= 0.6 is 0 Å². The Balaban J connectivity index is 1.55. The highest BCUT2D eigenvalue weighted by Gasteiger charge is 2.31. The number of carbonyl (C=O) groups is 1. The van der Waals surface area contributed by atoms with E-state index in [-0.39, 0.29) is 18.1 Å². The van der Waals surface area contributed by atoms with Gasteiger partial charge in [0.05, 0.1) is 16.8 Å². The third-order valence-corrected chi connectivity index (χ3v) is 5.14. The van der Waals surface area contributed by atoms with E-state index < -0.39 is 23.9 Å². The second-order valence-electron chi connectivity index (χ2n) is 7.50. The zero-order chi connectivity index (χ0) is 24.5. The molecule has 4 N–H and O–H groups in total. The van der Waals surface area contributed by atoms with Gasteiger partial charge in [0.2, 0.25) is 5.88 Å². The van der Waals surface area contributed by atoms with Gasteiger partial charge in [-0.3, -0.25) is 4.57 Å². The lowest BCUT2D eigenvalue weighted by Crippen LogP contribution is -2.19. The van der Waals surface area contributed by atoms with Crippen molar-refractivity contribution in [1.29, 1.82) is 0 Å². The minimum atomic E-state index is -4.52. The number of nitrogens with two attached hydrogens (primary N) is 1. The number of aromatic nitrogens is 3. The number of nitrogens with zero attached hydrogens (tertiary/aromatic N) is 3. The molecular formula is C23H20F3N5O3. The van der Waals surface area contributed by atoms with Gasteiger partial charge in [-0.15, -0.1) is 0 Å². The van der Waals surface area contributed by atoms with Gasteiger partial charge in [0.1, 0.15) is 18.2 Å². The van der Waals surface area contributed by atoms with Crippen molar-refractivity contribution in [2.45, 2.75) is 19.2 Å². The maximum atomic E-state index is 13.0. The van der Waals surface area contributed by atoms with E-state index in [1.54, 1.807) is 31.2 Å². The molecule has 2 aromatic heterocycles. The van der Waals surface area contributed by atoms with E-state index in [4.69, 9.17) is 10.5 Å². The highest BCUT2D eigenvalue weighted by Crippen LogP contribution is 2.32. The lowest BCUT2D eigenvalue weighted by molar-refractivity contribution is -0.137. The van der Waals surface area contributed by atoms with Crippen LogP contribution in [0.1, 0.15) is 22.9 Å².